The number of methoxy groups -OCH3 is 1. The molecule has 0 unspecified atom stereocenters. The van der Waals surface area contributed by atoms with Crippen molar-refractivity contribution >= 4 is 40.4 Å². The minimum absolute atomic E-state index is 0.166. The molecule has 1 aromatic carbocycles. The molecule has 0 saturated heterocycles. The number of carbonyl (C=O) groups excluding carboxylic acids is 2. The summed E-state index contributed by atoms with van der Waals surface area (Å²) in [5, 5.41) is 8.85. The number of benzene rings is 1. The van der Waals surface area contributed by atoms with E-state index in [1.165, 1.54) is 12.4 Å². The van der Waals surface area contributed by atoms with Crippen LogP contribution in [-0.4, -0.2) is 34.1 Å². The van der Waals surface area contributed by atoms with E-state index >= 15 is 0 Å². The van der Waals surface area contributed by atoms with Crippen molar-refractivity contribution in [2.24, 2.45) is 5.92 Å². The number of halogens is 1. The van der Waals surface area contributed by atoms with Gasteiger partial charge in [-0.05, 0) is 37.8 Å². The molecular formula is C21H21ClN4O3. The topological polar surface area (TPSA) is 86.1 Å². The number of fused-ring (bicyclic) bond motifs is 1. The molecule has 1 fully saturated rings. The quantitative estimate of drug-likeness (QED) is 0.632. The SMILES string of the molecule is COc1cc2nn(C3CCC(C=O)CC3)cc2cc1NC(=O)c1cncc(Cl)c1. The van der Waals surface area contributed by atoms with Crippen molar-refractivity contribution < 1.29 is 14.3 Å². The van der Waals surface area contributed by atoms with Gasteiger partial charge in [0, 0.05) is 36.0 Å². The Bertz CT molecular complexity index is 1060. The van der Waals surface area contributed by atoms with Gasteiger partial charge in [-0.2, -0.15) is 5.10 Å². The van der Waals surface area contributed by atoms with Gasteiger partial charge in [-0.1, -0.05) is 11.6 Å². The standard InChI is InChI=1S/C21H21ClN4O3/c1-29-20-8-18-15(11-26(25-18)17-4-2-13(12-27)3-5-17)7-19(20)24-21(28)14-6-16(22)10-23-9-14/h6-13,17H,2-5H2,1H3,(H,24,28). The van der Waals surface area contributed by atoms with E-state index in [2.05, 4.69) is 10.3 Å². The highest BCUT2D eigenvalue weighted by Crippen LogP contribution is 2.34. The molecule has 1 aliphatic carbocycles. The second-order valence-corrected chi connectivity index (χ2v) is 7.71. The van der Waals surface area contributed by atoms with E-state index < -0.39 is 0 Å². The van der Waals surface area contributed by atoms with Crippen LogP contribution >= 0.6 is 11.6 Å². The van der Waals surface area contributed by atoms with Crippen LogP contribution in [0.3, 0.4) is 0 Å². The van der Waals surface area contributed by atoms with Crippen molar-refractivity contribution in [2.75, 3.05) is 12.4 Å². The zero-order valence-corrected chi connectivity index (χ0v) is 16.7. The fourth-order valence-corrected chi connectivity index (χ4v) is 3.93. The Hall–Kier alpha value is -2.93. The summed E-state index contributed by atoms with van der Waals surface area (Å²) in [4.78, 5) is 27.5. The summed E-state index contributed by atoms with van der Waals surface area (Å²) in [6.07, 6.45) is 9.62. The minimum Gasteiger partial charge on any atom is -0.494 e. The predicted molar refractivity (Wildman–Crippen MR) is 111 cm³/mol. The largest absolute Gasteiger partial charge is 0.494 e. The molecule has 1 aliphatic rings. The van der Waals surface area contributed by atoms with Gasteiger partial charge in [-0.3, -0.25) is 14.5 Å². The summed E-state index contributed by atoms with van der Waals surface area (Å²) in [7, 11) is 1.55. The second-order valence-electron chi connectivity index (χ2n) is 7.27. The number of aromatic nitrogens is 3. The van der Waals surface area contributed by atoms with E-state index in [1.807, 2.05) is 23.0 Å². The Balaban J connectivity index is 1.60. The van der Waals surface area contributed by atoms with Gasteiger partial charge in [-0.15, -0.1) is 0 Å². The molecule has 0 atom stereocenters. The van der Waals surface area contributed by atoms with E-state index in [0.717, 1.165) is 42.9 Å². The average Bonchev–Trinajstić information content (AvgIpc) is 3.16. The monoisotopic (exact) mass is 412 g/mol. The molecule has 8 heteroatoms. The lowest BCUT2D eigenvalue weighted by atomic mass is 9.87. The number of carbonyl (C=O) groups is 2. The summed E-state index contributed by atoms with van der Waals surface area (Å²) < 4.78 is 7.42. The van der Waals surface area contributed by atoms with Crippen LogP contribution in [0, 0.1) is 5.92 Å². The van der Waals surface area contributed by atoms with Crippen molar-refractivity contribution in [2.45, 2.75) is 31.7 Å². The van der Waals surface area contributed by atoms with Crippen molar-refractivity contribution in [3.8, 4) is 5.75 Å². The third-order valence-corrected chi connectivity index (χ3v) is 5.57. The van der Waals surface area contributed by atoms with Crippen LogP contribution in [0.1, 0.15) is 42.1 Å². The van der Waals surface area contributed by atoms with Crippen molar-refractivity contribution in [1.29, 1.82) is 0 Å². The Morgan fingerprint density at radius 3 is 2.72 bits per heavy atom. The number of amides is 1. The first-order valence-corrected chi connectivity index (χ1v) is 9.89. The first-order chi connectivity index (χ1) is 14.1. The normalized spacial score (nSPS) is 19.1. The molecule has 0 radical (unpaired) electrons. The van der Waals surface area contributed by atoms with Gasteiger partial charge in [0.1, 0.15) is 12.0 Å². The van der Waals surface area contributed by atoms with Gasteiger partial charge >= 0.3 is 0 Å². The van der Waals surface area contributed by atoms with Crippen molar-refractivity contribution in [3.05, 3.63) is 47.4 Å². The lowest BCUT2D eigenvalue weighted by Crippen LogP contribution is -2.19. The number of hydrogen-bond acceptors (Lipinski definition) is 5. The summed E-state index contributed by atoms with van der Waals surface area (Å²) in [6, 6.07) is 5.50. The average molecular weight is 413 g/mol. The molecule has 1 N–H and O–H groups in total. The maximum atomic E-state index is 12.6. The molecule has 0 bridgehead atoms. The number of rotatable bonds is 5. The van der Waals surface area contributed by atoms with Crippen LogP contribution in [-0.2, 0) is 4.79 Å². The Morgan fingerprint density at radius 2 is 2.03 bits per heavy atom. The number of hydrogen-bond donors (Lipinski definition) is 1. The third-order valence-electron chi connectivity index (χ3n) is 5.37. The summed E-state index contributed by atoms with van der Waals surface area (Å²) in [6.45, 7) is 0. The van der Waals surface area contributed by atoms with Gasteiger partial charge in [0.15, 0.2) is 0 Å². The van der Waals surface area contributed by atoms with Gasteiger partial charge in [-0.25, -0.2) is 0 Å². The highest BCUT2D eigenvalue weighted by Gasteiger charge is 2.23. The molecule has 3 aromatic rings. The van der Waals surface area contributed by atoms with Crippen LogP contribution in [0.25, 0.3) is 10.9 Å². The number of pyridine rings is 1. The van der Waals surface area contributed by atoms with E-state index in [0.29, 0.717) is 22.0 Å². The number of nitrogens with zero attached hydrogens (tertiary/aromatic N) is 3. The minimum atomic E-state index is -0.322. The summed E-state index contributed by atoms with van der Waals surface area (Å²) >= 11 is 5.93. The van der Waals surface area contributed by atoms with E-state index in [-0.39, 0.29) is 17.9 Å². The van der Waals surface area contributed by atoms with Gasteiger partial charge in [0.2, 0.25) is 0 Å². The van der Waals surface area contributed by atoms with E-state index in [9.17, 15) is 9.59 Å². The van der Waals surface area contributed by atoms with Crippen LogP contribution < -0.4 is 10.1 Å². The van der Waals surface area contributed by atoms with Crippen LogP contribution in [0.5, 0.6) is 5.75 Å². The lowest BCUT2D eigenvalue weighted by molar-refractivity contribution is -0.112. The van der Waals surface area contributed by atoms with Crippen molar-refractivity contribution in [1.82, 2.24) is 14.8 Å². The van der Waals surface area contributed by atoms with Crippen LogP contribution in [0.2, 0.25) is 5.02 Å². The number of ether oxygens (including phenoxy) is 1. The third kappa shape index (κ3) is 4.10. The highest BCUT2D eigenvalue weighted by atomic mass is 35.5. The van der Waals surface area contributed by atoms with Crippen LogP contribution in [0.4, 0.5) is 5.69 Å². The zero-order chi connectivity index (χ0) is 20.4. The highest BCUT2D eigenvalue weighted by molar-refractivity contribution is 6.30. The van der Waals surface area contributed by atoms with Crippen LogP contribution in [0.15, 0.2) is 36.8 Å². The molecule has 1 amide bonds. The zero-order valence-electron chi connectivity index (χ0n) is 16.0. The second kappa shape index (κ2) is 8.21. The fourth-order valence-electron chi connectivity index (χ4n) is 3.76. The lowest BCUT2D eigenvalue weighted by Gasteiger charge is -2.25. The number of anilines is 1. The van der Waals surface area contributed by atoms with E-state index in [1.54, 1.807) is 13.2 Å². The van der Waals surface area contributed by atoms with E-state index in [4.69, 9.17) is 21.4 Å². The molecule has 150 valence electrons. The molecule has 29 heavy (non-hydrogen) atoms. The Morgan fingerprint density at radius 1 is 1.24 bits per heavy atom. The molecule has 1 saturated carbocycles. The number of nitrogens with one attached hydrogen (secondary N) is 1. The first-order valence-electron chi connectivity index (χ1n) is 9.51. The Labute approximate surface area is 173 Å². The van der Waals surface area contributed by atoms with Crippen molar-refractivity contribution in [3.63, 3.8) is 0 Å². The molecular weight excluding hydrogens is 392 g/mol. The first kappa shape index (κ1) is 19.4. The Kier molecular flexibility index (Phi) is 5.49. The molecule has 0 spiro atoms. The number of aldehydes is 1. The molecule has 7 nitrogen and oxygen atoms in total. The summed E-state index contributed by atoms with van der Waals surface area (Å²) in [5.74, 6) is 0.368. The predicted octanol–water partition coefficient (Wildman–Crippen LogP) is 4.28. The molecule has 4 rings (SSSR count). The molecule has 0 aliphatic heterocycles. The van der Waals surface area contributed by atoms with Gasteiger partial charge < -0.3 is 14.8 Å². The van der Waals surface area contributed by atoms with Gasteiger partial charge in [0.25, 0.3) is 5.91 Å². The smallest absolute Gasteiger partial charge is 0.257 e. The maximum absolute atomic E-state index is 12.6. The molecule has 2 aromatic heterocycles. The fraction of sp³-hybridized carbons (Fsp3) is 0.333. The molecule has 2 heterocycles. The van der Waals surface area contributed by atoms with Gasteiger partial charge in [0.05, 0.1) is 34.9 Å². The maximum Gasteiger partial charge on any atom is 0.257 e. The summed E-state index contributed by atoms with van der Waals surface area (Å²) in [5.41, 5.74) is 1.71.